The van der Waals surface area contributed by atoms with Gasteiger partial charge in [-0.25, -0.2) is 5.43 Å². The maximum Gasteiger partial charge on any atom is 0.275 e. The van der Waals surface area contributed by atoms with Gasteiger partial charge in [0.25, 0.3) is 5.91 Å². The molecule has 2 N–H and O–H groups in total. The van der Waals surface area contributed by atoms with E-state index in [-0.39, 0.29) is 5.91 Å². The Morgan fingerprint density at radius 3 is 2.82 bits per heavy atom. The minimum atomic E-state index is -0.0694. The predicted molar refractivity (Wildman–Crippen MR) is 45.6 cm³/mol. The van der Waals surface area contributed by atoms with Crippen LogP contribution in [0, 0.1) is 6.92 Å². The maximum atomic E-state index is 11.2. The van der Waals surface area contributed by atoms with E-state index in [0.29, 0.717) is 0 Å². The number of rotatable bonds is 2. The van der Waals surface area contributed by atoms with Crippen molar-refractivity contribution in [2.75, 3.05) is 7.05 Å². The molecule has 0 aromatic carbocycles. The second kappa shape index (κ2) is 3.50. The van der Waals surface area contributed by atoms with E-state index in [0.717, 1.165) is 10.4 Å². The molecular weight excluding hydrogens is 160 g/mol. The molecule has 1 aromatic heterocycles. The second-order valence-electron chi connectivity index (χ2n) is 2.14. The van der Waals surface area contributed by atoms with Crippen LogP contribution in [0.5, 0.6) is 0 Å². The van der Waals surface area contributed by atoms with Crippen LogP contribution in [0.3, 0.4) is 0 Å². The van der Waals surface area contributed by atoms with Crippen LogP contribution in [0.4, 0.5) is 0 Å². The molecule has 0 bridgehead atoms. The van der Waals surface area contributed by atoms with Crippen LogP contribution in [0.25, 0.3) is 0 Å². The molecule has 0 aliphatic heterocycles. The van der Waals surface area contributed by atoms with Crippen LogP contribution in [-0.2, 0) is 0 Å². The Morgan fingerprint density at radius 1 is 1.64 bits per heavy atom. The summed E-state index contributed by atoms with van der Waals surface area (Å²) >= 11 is 1.45. The molecule has 60 valence electrons. The molecule has 1 heterocycles. The molecule has 1 amide bonds. The molecule has 0 radical (unpaired) electrons. The van der Waals surface area contributed by atoms with Crippen molar-refractivity contribution in [2.24, 2.45) is 0 Å². The topological polar surface area (TPSA) is 41.1 Å². The zero-order chi connectivity index (χ0) is 8.27. The monoisotopic (exact) mass is 170 g/mol. The summed E-state index contributed by atoms with van der Waals surface area (Å²) in [7, 11) is 1.67. The van der Waals surface area contributed by atoms with Gasteiger partial charge in [-0.2, -0.15) is 0 Å². The van der Waals surface area contributed by atoms with Crippen molar-refractivity contribution >= 4 is 17.2 Å². The first-order valence-electron chi connectivity index (χ1n) is 3.27. The van der Waals surface area contributed by atoms with Gasteiger partial charge in [-0.05, 0) is 23.9 Å². The van der Waals surface area contributed by atoms with Crippen molar-refractivity contribution in [2.45, 2.75) is 6.92 Å². The molecular formula is C7H10N2OS. The summed E-state index contributed by atoms with van der Waals surface area (Å²) in [6.45, 7) is 1.92. The van der Waals surface area contributed by atoms with E-state index in [1.54, 1.807) is 7.05 Å². The van der Waals surface area contributed by atoms with Crippen molar-refractivity contribution in [1.29, 1.82) is 0 Å². The SMILES string of the molecule is CNNC(=O)c1sccc1C. The number of nitrogens with one attached hydrogen (secondary N) is 2. The lowest BCUT2D eigenvalue weighted by molar-refractivity contribution is 0.0941. The quantitative estimate of drug-likeness (QED) is 0.648. The third-order valence-electron chi connectivity index (χ3n) is 1.31. The summed E-state index contributed by atoms with van der Waals surface area (Å²) in [5, 5.41) is 1.90. The molecule has 0 aliphatic carbocycles. The van der Waals surface area contributed by atoms with E-state index in [1.165, 1.54) is 11.3 Å². The Labute approximate surface area is 69.4 Å². The molecule has 0 unspecified atom stereocenters. The minimum absolute atomic E-state index is 0.0694. The lowest BCUT2D eigenvalue weighted by Crippen LogP contribution is -2.33. The average Bonchev–Trinajstić information content (AvgIpc) is 2.36. The van der Waals surface area contributed by atoms with E-state index in [2.05, 4.69) is 10.9 Å². The van der Waals surface area contributed by atoms with Crippen molar-refractivity contribution in [3.8, 4) is 0 Å². The Morgan fingerprint density at radius 2 is 2.36 bits per heavy atom. The van der Waals surface area contributed by atoms with Crippen molar-refractivity contribution < 1.29 is 4.79 Å². The van der Waals surface area contributed by atoms with Gasteiger partial charge in [0.1, 0.15) is 0 Å². The largest absolute Gasteiger partial charge is 0.287 e. The number of hydrazine groups is 1. The van der Waals surface area contributed by atoms with Crippen molar-refractivity contribution in [3.05, 3.63) is 21.9 Å². The van der Waals surface area contributed by atoms with Crippen molar-refractivity contribution in [3.63, 3.8) is 0 Å². The standard InChI is InChI=1S/C7H10N2OS/c1-5-3-4-11-6(5)7(10)9-8-2/h3-4,8H,1-2H3,(H,9,10). The average molecular weight is 170 g/mol. The third-order valence-corrected chi connectivity index (χ3v) is 2.32. The maximum absolute atomic E-state index is 11.2. The van der Waals surface area contributed by atoms with Crippen molar-refractivity contribution in [1.82, 2.24) is 10.9 Å². The lowest BCUT2D eigenvalue weighted by Gasteiger charge is -1.99. The molecule has 0 fully saturated rings. The number of aryl methyl sites for hydroxylation is 1. The van der Waals surface area contributed by atoms with Gasteiger partial charge in [0.15, 0.2) is 0 Å². The Bertz CT molecular complexity index is 257. The van der Waals surface area contributed by atoms with E-state index < -0.39 is 0 Å². The third kappa shape index (κ3) is 1.78. The summed E-state index contributed by atoms with van der Waals surface area (Å²) < 4.78 is 0. The van der Waals surface area contributed by atoms with Crippen LogP contribution < -0.4 is 10.9 Å². The highest BCUT2D eigenvalue weighted by atomic mass is 32.1. The number of amides is 1. The fourth-order valence-electron chi connectivity index (χ4n) is 0.776. The number of hydrogen-bond donors (Lipinski definition) is 2. The summed E-state index contributed by atoms with van der Waals surface area (Å²) in [6, 6.07) is 1.93. The number of carbonyl (C=O) groups is 1. The molecule has 3 nitrogen and oxygen atoms in total. The van der Waals surface area contributed by atoms with Gasteiger partial charge in [-0.15, -0.1) is 11.3 Å². The summed E-state index contributed by atoms with van der Waals surface area (Å²) in [4.78, 5) is 11.9. The van der Waals surface area contributed by atoms with Gasteiger partial charge in [-0.3, -0.25) is 10.2 Å². The smallest absolute Gasteiger partial charge is 0.275 e. The van der Waals surface area contributed by atoms with Gasteiger partial charge in [-0.1, -0.05) is 0 Å². The molecule has 0 saturated carbocycles. The zero-order valence-electron chi connectivity index (χ0n) is 6.47. The Balaban J connectivity index is 2.76. The first kappa shape index (κ1) is 8.23. The summed E-state index contributed by atoms with van der Waals surface area (Å²) in [5.74, 6) is -0.0694. The highest BCUT2D eigenvalue weighted by Gasteiger charge is 2.07. The van der Waals surface area contributed by atoms with Gasteiger partial charge >= 0.3 is 0 Å². The van der Waals surface area contributed by atoms with E-state index >= 15 is 0 Å². The molecule has 4 heteroatoms. The second-order valence-corrected chi connectivity index (χ2v) is 3.05. The molecule has 1 aromatic rings. The summed E-state index contributed by atoms with van der Waals surface area (Å²) in [6.07, 6.45) is 0. The number of hydrogen-bond acceptors (Lipinski definition) is 3. The molecule has 1 rings (SSSR count). The van der Waals surface area contributed by atoms with Gasteiger partial charge < -0.3 is 0 Å². The van der Waals surface area contributed by atoms with Crippen LogP contribution in [0.15, 0.2) is 11.4 Å². The Hall–Kier alpha value is -0.870. The van der Waals surface area contributed by atoms with E-state index in [1.807, 2.05) is 18.4 Å². The van der Waals surface area contributed by atoms with Gasteiger partial charge in [0.05, 0.1) is 4.88 Å². The fourth-order valence-corrected chi connectivity index (χ4v) is 1.60. The minimum Gasteiger partial charge on any atom is -0.287 e. The molecule has 11 heavy (non-hydrogen) atoms. The van der Waals surface area contributed by atoms with Crippen LogP contribution >= 0.6 is 11.3 Å². The molecule has 0 aliphatic rings. The molecule has 0 saturated heterocycles. The highest BCUT2D eigenvalue weighted by Crippen LogP contribution is 2.14. The number of thiophene rings is 1. The Kier molecular flexibility index (Phi) is 2.62. The molecule has 0 atom stereocenters. The van der Waals surface area contributed by atoms with Crippen LogP contribution in [0.2, 0.25) is 0 Å². The van der Waals surface area contributed by atoms with Gasteiger partial charge in [0, 0.05) is 7.05 Å². The first-order chi connectivity index (χ1) is 5.25. The van der Waals surface area contributed by atoms with Gasteiger partial charge in [0.2, 0.25) is 0 Å². The first-order valence-corrected chi connectivity index (χ1v) is 4.15. The highest BCUT2D eigenvalue weighted by molar-refractivity contribution is 7.12. The zero-order valence-corrected chi connectivity index (χ0v) is 7.29. The normalized spacial score (nSPS) is 9.64. The van der Waals surface area contributed by atoms with Crippen LogP contribution in [-0.4, -0.2) is 13.0 Å². The lowest BCUT2D eigenvalue weighted by atomic mass is 10.3. The predicted octanol–water partition coefficient (Wildman–Crippen LogP) is 0.921. The summed E-state index contributed by atoms with van der Waals surface area (Å²) in [5.41, 5.74) is 6.12. The number of carbonyl (C=O) groups excluding carboxylic acids is 1. The van der Waals surface area contributed by atoms with Crippen LogP contribution in [0.1, 0.15) is 15.2 Å². The fraction of sp³-hybridized carbons (Fsp3) is 0.286. The molecule has 0 spiro atoms. The van der Waals surface area contributed by atoms with E-state index in [9.17, 15) is 4.79 Å². The van der Waals surface area contributed by atoms with E-state index in [4.69, 9.17) is 0 Å².